The van der Waals surface area contributed by atoms with Gasteiger partial charge in [-0.05, 0) is 25.8 Å². The summed E-state index contributed by atoms with van der Waals surface area (Å²) in [7, 11) is 0. The monoisotopic (exact) mass is 170 g/mol. The maximum absolute atomic E-state index is 11.1. The van der Waals surface area contributed by atoms with Crippen molar-refractivity contribution in [1.82, 2.24) is 0 Å². The van der Waals surface area contributed by atoms with Crippen LogP contribution in [-0.4, -0.2) is 19.0 Å². The van der Waals surface area contributed by atoms with E-state index in [4.69, 9.17) is 4.74 Å². The van der Waals surface area contributed by atoms with Gasteiger partial charge in [0.05, 0.1) is 0 Å². The molecule has 2 heteroatoms. The Bertz CT molecular complexity index is 153. The summed E-state index contributed by atoms with van der Waals surface area (Å²) in [6.45, 7) is 6.83. The number of hydrogen-bond acceptors (Lipinski definition) is 2. The Hall–Kier alpha value is -0.630. The van der Waals surface area contributed by atoms with Crippen LogP contribution in [0.3, 0.4) is 0 Å². The van der Waals surface area contributed by atoms with Crippen molar-refractivity contribution < 1.29 is 9.53 Å². The molecule has 0 aromatic carbocycles. The molecule has 12 heavy (non-hydrogen) atoms. The van der Waals surface area contributed by atoms with E-state index in [1.54, 1.807) is 6.08 Å². The van der Waals surface area contributed by atoms with Crippen LogP contribution in [0.15, 0.2) is 11.6 Å². The summed E-state index contributed by atoms with van der Waals surface area (Å²) in [5.41, 5.74) is 1.19. The molecular weight excluding hydrogens is 152 g/mol. The number of allylic oxidation sites excluding steroid dienone is 1. The summed E-state index contributed by atoms with van der Waals surface area (Å²) in [5.74, 6) is 0.0792. The van der Waals surface area contributed by atoms with E-state index in [0.717, 1.165) is 12.8 Å². The Kier molecular flexibility index (Phi) is 6.67. The van der Waals surface area contributed by atoms with Crippen LogP contribution in [0.5, 0.6) is 0 Å². The highest BCUT2D eigenvalue weighted by molar-refractivity contribution is 5.91. The summed E-state index contributed by atoms with van der Waals surface area (Å²) in [4.78, 5) is 11.1. The third-order valence-electron chi connectivity index (χ3n) is 1.72. The molecular formula is C10H18O2. The van der Waals surface area contributed by atoms with Crippen LogP contribution in [0.25, 0.3) is 0 Å². The highest BCUT2D eigenvalue weighted by atomic mass is 16.5. The van der Waals surface area contributed by atoms with Gasteiger partial charge in [0.1, 0.15) is 6.61 Å². The highest BCUT2D eigenvalue weighted by Gasteiger charge is 1.98. The van der Waals surface area contributed by atoms with E-state index in [1.807, 2.05) is 6.92 Å². The van der Waals surface area contributed by atoms with E-state index in [0.29, 0.717) is 6.61 Å². The van der Waals surface area contributed by atoms with Crippen LogP contribution >= 0.6 is 0 Å². The normalized spacial score (nSPS) is 9.58. The largest absolute Gasteiger partial charge is 0.374 e. The van der Waals surface area contributed by atoms with Gasteiger partial charge in [-0.3, -0.25) is 4.79 Å². The van der Waals surface area contributed by atoms with Gasteiger partial charge in [0, 0.05) is 6.61 Å². The Labute approximate surface area is 74.6 Å². The van der Waals surface area contributed by atoms with Crippen molar-refractivity contribution in [3.05, 3.63) is 11.6 Å². The molecule has 0 aromatic rings. The first-order chi connectivity index (χ1) is 5.74. The molecule has 0 unspecified atom stereocenters. The molecule has 0 atom stereocenters. The summed E-state index contributed by atoms with van der Waals surface area (Å²) in [6, 6.07) is 0. The summed E-state index contributed by atoms with van der Waals surface area (Å²) in [6.07, 6.45) is 3.61. The van der Waals surface area contributed by atoms with Crippen molar-refractivity contribution in [2.24, 2.45) is 0 Å². The number of ether oxygens (including phenoxy) is 1. The second kappa shape index (κ2) is 7.04. The maximum atomic E-state index is 11.1. The first kappa shape index (κ1) is 11.4. The Morgan fingerprint density at radius 3 is 2.25 bits per heavy atom. The molecule has 0 aliphatic heterocycles. The van der Waals surface area contributed by atoms with Gasteiger partial charge in [-0.25, -0.2) is 0 Å². The molecule has 0 spiro atoms. The smallest absolute Gasteiger partial charge is 0.181 e. The SMILES string of the molecule is CCOCC(=O)C=C(CC)CC. The molecule has 0 rings (SSSR count). The van der Waals surface area contributed by atoms with E-state index >= 15 is 0 Å². The quantitative estimate of drug-likeness (QED) is 0.572. The first-order valence-electron chi connectivity index (χ1n) is 4.54. The number of carbonyl (C=O) groups is 1. The van der Waals surface area contributed by atoms with Crippen molar-refractivity contribution in [1.29, 1.82) is 0 Å². The van der Waals surface area contributed by atoms with Gasteiger partial charge in [-0.2, -0.15) is 0 Å². The van der Waals surface area contributed by atoms with Gasteiger partial charge in [0.15, 0.2) is 5.78 Å². The average molecular weight is 170 g/mol. The third-order valence-corrected chi connectivity index (χ3v) is 1.72. The maximum Gasteiger partial charge on any atom is 0.181 e. The summed E-state index contributed by atoms with van der Waals surface area (Å²) in [5, 5.41) is 0. The third kappa shape index (κ3) is 5.08. The standard InChI is InChI=1S/C10H18O2/c1-4-9(5-2)7-10(11)8-12-6-3/h7H,4-6,8H2,1-3H3. The molecule has 0 N–H and O–H groups in total. The van der Waals surface area contributed by atoms with E-state index in [9.17, 15) is 4.79 Å². The van der Waals surface area contributed by atoms with Gasteiger partial charge in [-0.15, -0.1) is 0 Å². The average Bonchev–Trinajstić information content (AvgIpc) is 2.10. The zero-order valence-electron chi connectivity index (χ0n) is 8.22. The second-order valence-corrected chi connectivity index (χ2v) is 2.61. The second-order valence-electron chi connectivity index (χ2n) is 2.61. The Morgan fingerprint density at radius 1 is 1.25 bits per heavy atom. The van der Waals surface area contributed by atoms with Crippen molar-refractivity contribution in [3.63, 3.8) is 0 Å². The lowest BCUT2D eigenvalue weighted by atomic mass is 10.1. The molecule has 0 saturated carbocycles. The van der Waals surface area contributed by atoms with Gasteiger partial charge in [0.25, 0.3) is 0 Å². The van der Waals surface area contributed by atoms with E-state index in [1.165, 1.54) is 5.57 Å². The van der Waals surface area contributed by atoms with Crippen molar-refractivity contribution in [3.8, 4) is 0 Å². The van der Waals surface area contributed by atoms with Crippen LogP contribution in [0.1, 0.15) is 33.6 Å². The van der Waals surface area contributed by atoms with Gasteiger partial charge < -0.3 is 4.74 Å². The van der Waals surface area contributed by atoms with Crippen molar-refractivity contribution in [2.45, 2.75) is 33.6 Å². The van der Waals surface area contributed by atoms with Crippen LogP contribution in [0, 0.1) is 0 Å². The molecule has 0 aliphatic carbocycles. The predicted molar refractivity (Wildman–Crippen MR) is 50.2 cm³/mol. The van der Waals surface area contributed by atoms with Crippen molar-refractivity contribution in [2.75, 3.05) is 13.2 Å². The van der Waals surface area contributed by atoms with Crippen LogP contribution < -0.4 is 0 Å². The first-order valence-corrected chi connectivity index (χ1v) is 4.54. The summed E-state index contributed by atoms with van der Waals surface area (Å²) < 4.78 is 4.99. The minimum atomic E-state index is 0.0792. The minimum absolute atomic E-state index is 0.0792. The molecule has 0 radical (unpaired) electrons. The number of ketones is 1. The fourth-order valence-electron chi connectivity index (χ4n) is 0.926. The summed E-state index contributed by atoms with van der Waals surface area (Å²) >= 11 is 0. The zero-order chi connectivity index (χ0) is 9.40. The lowest BCUT2D eigenvalue weighted by Crippen LogP contribution is -2.05. The fraction of sp³-hybridized carbons (Fsp3) is 0.700. The molecule has 0 bridgehead atoms. The van der Waals surface area contributed by atoms with E-state index < -0.39 is 0 Å². The molecule has 0 aromatic heterocycles. The van der Waals surface area contributed by atoms with E-state index in [-0.39, 0.29) is 12.4 Å². The predicted octanol–water partition coefficient (Wildman–Crippen LogP) is 2.34. The minimum Gasteiger partial charge on any atom is -0.374 e. The van der Waals surface area contributed by atoms with Gasteiger partial charge in [-0.1, -0.05) is 19.4 Å². The number of hydrogen-bond donors (Lipinski definition) is 0. The number of carbonyl (C=O) groups excluding carboxylic acids is 1. The highest BCUT2D eigenvalue weighted by Crippen LogP contribution is 2.04. The lowest BCUT2D eigenvalue weighted by molar-refractivity contribution is -0.118. The molecule has 2 nitrogen and oxygen atoms in total. The molecule has 0 fully saturated rings. The van der Waals surface area contributed by atoms with Crippen molar-refractivity contribution >= 4 is 5.78 Å². The number of rotatable bonds is 6. The van der Waals surface area contributed by atoms with Gasteiger partial charge in [0.2, 0.25) is 0 Å². The lowest BCUT2D eigenvalue weighted by Gasteiger charge is -1.99. The van der Waals surface area contributed by atoms with Crippen LogP contribution in [0.2, 0.25) is 0 Å². The molecule has 0 heterocycles. The topological polar surface area (TPSA) is 26.3 Å². The Balaban J connectivity index is 3.85. The zero-order valence-corrected chi connectivity index (χ0v) is 8.22. The van der Waals surface area contributed by atoms with Crippen LogP contribution in [0.4, 0.5) is 0 Å². The molecule has 70 valence electrons. The Morgan fingerprint density at radius 2 is 1.83 bits per heavy atom. The van der Waals surface area contributed by atoms with Crippen LogP contribution in [-0.2, 0) is 9.53 Å². The molecule has 0 saturated heterocycles. The fourth-order valence-corrected chi connectivity index (χ4v) is 0.926. The molecule has 0 amide bonds. The van der Waals surface area contributed by atoms with Gasteiger partial charge >= 0.3 is 0 Å². The molecule has 0 aliphatic rings. The van der Waals surface area contributed by atoms with E-state index in [2.05, 4.69) is 13.8 Å².